The standard InChI is InChI=1S/C21H16N2O3/c24-21(23-25-14-15-7-3-1-4-8-15)17-11-12-19-18(13-17)20(26-22-19)16-9-5-2-6-10-16/h1-13H,14H2,(H,23,24). The van der Waals surface area contributed by atoms with Gasteiger partial charge in [-0.3, -0.25) is 9.63 Å². The Kier molecular flexibility index (Phi) is 4.45. The molecule has 0 aliphatic carbocycles. The molecule has 5 heteroatoms. The van der Waals surface area contributed by atoms with Gasteiger partial charge in [0, 0.05) is 11.1 Å². The molecule has 0 bridgehead atoms. The molecule has 1 aromatic heterocycles. The zero-order chi connectivity index (χ0) is 17.8. The van der Waals surface area contributed by atoms with E-state index in [0.717, 1.165) is 16.5 Å². The SMILES string of the molecule is O=C(NOCc1ccccc1)c1ccc2noc(-c3ccccc3)c2c1. The molecule has 128 valence electrons. The van der Waals surface area contributed by atoms with E-state index in [1.807, 2.05) is 60.7 Å². The number of hydrogen-bond acceptors (Lipinski definition) is 4. The van der Waals surface area contributed by atoms with E-state index in [-0.39, 0.29) is 5.91 Å². The molecule has 0 saturated heterocycles. The Bertz CT molecular complexity index is 1030. The summed E-state index contributed by atoms with van der Waals surface area (Å²) in [4.78, 5) is 17.7. The zero-order valence-corrected chi connectivity index (χ0v) is 13.9. The van der Waals surface area contributed by atoms with Gasteiger partial charge in [-0.05, 0) is 23.8 Å². The molecule has 5 nitrogen and oxygen atoms in total. The van der Waals surface area contributed by atoms with Crippen molar-refractivity contribution in [2.75, 3.05) is 0 Å². The third-order valence-corrected chi connectivity index (χ3v) is 4.02. The largest absolute Gasteiger partial charge is 0.355 e. The zero-order valence-electron chi connectivity index (χ0n) is 13.9. The van der Waals surface area contributed by atoms with Gasteiger partial charge in [0.05, 0.1) is 12.0 Å². The molecule has 0 unspecified atom stereocenters. The van der Waals surface area contributed by atoms with Gasteiger partial charge in [-0.15, -0.1) is 0 Å². The summed E-state index contributed by atoms with van der Waals surface area (Å²) in [6.45, 7) is 0.303. The summed E-state index contributed by atoms with van der Waals surface area (Å²) < 4.78 is 5.46. The summed E-state index contributed by atoms with van der Waals surface area (Å²) in [5.74, 6) is 0.323. The third kappa shape index (κ3) is 3.34. The molecule has 0 atom stereocenters. The predicted molar refractivity (Wildman–Crippen MR) is 98.1 cm³/mol. The van der Waals surface area contributed by atoms with Crippen LogP contribution in [-0.4, -0.2) is 11.1 Å². The lowest BCUT2D eigenvalue weighted by molar-refractivity contribution is 0.0233. The maximum atomic E-state index is 12.4. The van der Waals surface area contributed by atoms with Crippen molar-refractivity contribution in [1.82, 2.24) is 10.6 Å². The van der Waals surface area contributed by atoms with Crippen LogP contribution in [0.25, 0.3) is 22.2 Å². The van der Waals surface area contributed by atoms with Crippen LogP contribution in [0.1, 0.15) is 15.9 Å². The fourth-order valence-corrected chi connectivity index (χ4v) is 2.70. The number of amides is 1. The highest BCUT2D eigenvalue weighted by atomic mass is 16.6. The van der Waals surface area contributed by atoms with E-state index in [0.29, 0.717) is 23.4 Å². The van der Waals surface area contributed by atoms with Crippen LogP contribution < -0.4 is 5.48 Å². The van der Waals surface area contributed by atoms with Gasteiger partial charge in [0.25, 0.3) is 5.91 Å². The number of carbonyl (C=O) groups is 1. The number of nitrogens with zero attached hydrogens (tertiary/aromatic N) is 1. The molecule has 1 amide bonds. The molecule has 0 fully saturated rings. The Hall–Kier alpha value is -3.44. The van der Waals surface area contributed by atoms with Crippen molar-refractivity contribution in [1.29, 1.82) is 0 Å². The Morgan fingerprint density at radius 3 is 2.46 bits per heavy atom. The van der Waals surface area contributed by atoms with E-state index >= 15 is 0 Å². The highest BCUT2D eigenvalue weighted by Crippen LogP contribution is 2.29. The first kappa shape index (κ1) is 16.1. The van der Waals surface area contributed by atoms with Crippen molar-refractivity contribution in [3.05, 3.63) is 90.0 Å². The summed E-state index contributed by atoms with van der Waals surface area (Å²) in [7, 11) is 0. The minimum atomic E-state index is -0.317. The molecule has 4 aromatic rings. The highest BCUT2D eigenvalue weighted by molar-refractivity contribution is 6.00. The topological polar surface area (TPSA) is 64.4 Å². The summed E-state index contributed by atoms with van der Waals surface area (Å²) in [6.07, 6.45) is 0. The van der Waals surface area contributed by atoms with Crippen LogP contribution in [0.3, 0.4) is 0 Å². The third-order valence-electron chi connectivity index (χ3n) is 4.02. The van der Waals surface area contributed by atoms with Gasteiger partial charge in [0.15, 0.2) is 5.76 Å². The average Bonchev–Trinajstić information content (AvgIpc) is 3.12. The van der Waals surface area contributed by atoms with E-state index in [1.165, 1.54) is 0 Å². The fraction of sp³-hybridized carbons (Fsp3) is 0.0476. The minimum absolute atomic E-state index is 0.303. The highest BCUT2D eigenvalue weighted by Gasteiger charge is 2.14. The Labute approximate surface area is 150 Å². The quantitative estimate of drug-likeness (QED) is 0.547. The maximum Gasteiger partial charge on any atom is 0.274 e. The molecule has 0 aliphatic heterocycles. The van der Waals surface area contributed by atoms with E-state index in [4.69, 9.17) is 9.36 Å². The van der Waals surface area contributed by atoms with Crippen molar-refractivity contribution in [2.24, 2.45) is 0 Å². The molecule has 0 radical (unpaired) electrons. The normalized spacial score (nSPS) is 10.8. The smallest absolute Gasteiger partial charge is 0.274 e. The molecule has 1 heterocycles. The van der Waals surface area contributed by atoms with Gasteiger partial charge >= 0.3 is 0 Å². The molecule has 0 saturated carbocycles. The second kappa shape index (κ2) is 7.21. The van der Waals surface area contributed by atoms with Gasteiger partial charge in [-0.1, -0.05) is 65.8 Å². The van der Waals surface area contributed by atoms with Crippen LogP contribution in [0.4, 0.5) is 0 Å². The molecular weight excluding hydrogens is 328 g/mol. The van der Waals surface area contributed by atoms with E-state index < -0.39 is 0 Å². The lowest BCUT2D eigenvalue weighted by Crippen LogP contribution is -2.23. The number of fused-ring (bicyclic) bond motifs is 1. The lowest BCUT2D eigenvalue weighted by atomic mass is 10.1. The van der Waals surface area contributed by atoms with E-state index in [9.17, 15) is 4.79 Å². The van der Waals surface area contributed by atoms with Crippen LogP contribution in [0.5, 0.6) is 0 Å². The number of carbonyl (C=O) groups excluding carboxylic acids is 1. The van der Waals surface area contributed by atoms with Crippen molar-refractivity contribution in [2.45, 2.75) is 6.61 Å². The maximum absolute atomic E-state index is 12.4. The Balaban J connectivity index is 1.52. The van der Waals surface area contributed by atoms with Crippen molar-refractivity contribution >= 4 is 16.8 Å². The van der Waals surface area contributed by atoms with Gasteiger partial charge in [-0.2, -0.15) is 0 Å². The van der Waals surface area contributed by atoms with Gasteiger partial charge in [0.2, 0.25) is 0 Å². The first-order valence-corrected chi connectivity index (χ1v) is 8.22. The second-order valence-corrected chi connectivity index (χ2v) is 5.82. The molecule has 0 aliphatic rings. The fourth-order valence-electron chi connectivity index (χ4n) is 2.70. The summed E-state index contributed by atoms with van der Waals surface area (Å²) in [5, 5.41) is 4.84. The predicted octanol–water partition coefficient (Wildman–Crippen LogP) is 4.36. The summed E-state index contributed by atoms with van der Waals surface area (Å²) >= 11 is 0. The van der Waals surface area contributed by atoms with Crippen molar-refractivity contribution in [3.8, 4) is 11.3 Å². The number of nitrogens with one attached hydrogen (secondary N) is 1. The lowest BCUT2D eigenvalue weighted by Gasteiger charge is -2.06. The van der Waals surface area contributed by atoms with Crippen LogP contribution in [0.15, 0.2) is 83.4 Å². The van der Waals surface area contributed by atoms with Crippen LogP contribution in [0.2, 0.25) is 0 Å². The van der Waals surface area contributed by atoms with E-state index in [1.54, 1.807) is 18.2 Å². The van der Waals surface area contributed by atoms with Gasteiger partial charge in [0.1, 0.15) is 5.52 Å². The molecular formula is C21H16N2O3. The van der Waals surface area contributed by atoms with Crippen molar-refractivity contribution < 1.29 is 14.2 Å². The van der Waals surface area contributed by atoms with Gasteiger partial charge < -0.3 is 4.52 Å². The van der Waals surface area contributed by atoms with E-state index in [2.05, 4.69) is 10.6 Å². The molecule has 3 aromatic carbocycles. The van der Waals surface area contributed by atoms with Gasteiger partial charge in [-0.25, -0.2) is 5.48 Å². The number of rotatable bonds is 5. The second-order valence-electron chi connectivity index (χ2n) is 5.82. The minimum Gasteiger partial charge on any atom is -0.355 e. The average molecular weight is 344 g/mol. The van der Waals surface area contributed by atoms with Crippen LogP contribution in [0, 0.1) is 0 Å². The molecule has 1 N–H and O–H groups in total. The summed E-state index contributed by atoms with van der Waals surface area (Å²) in [5.41, 5.74) is 5.54. The van der Waals surface area contributed by atoms with Crippen LogP contribution in [-0.2, 0) is 11.4 Å². The Morgan fingerprint density at radius 2 is 1.69 bits per heavy atom. The Morgan fingerprint density at radius 1 is 0.962 bits per heavy atom. The molecule has 0 spiro atoms. The monoisotopic (exact) mass is 344 g/mol. The first-order chi connectivity index (χ1) is 12.8. The molecule has 4 rings (SSSR count). The first-order valence-electron chi connectivity index (χ1n) is 8.22. The number of hydrogen-bond donors (Lipinski definition) is 1. The summed E-state index contributed by atoms with van der Waals surface area (Å²) in [6, 6.07) is 24.5. The van der Waals surface area contributed by atoms with Crippen molar-refractivity contribution in [3.63, 3.8) is 0 Å². The molecule has 26 heavy (non-hydrogen) atoms. The number of aromatic nitrogens is 1. The number of benzene rings is 3. The van der Waals surface area contributed by atoms with Crippen LogP contribution >= 0.6 is 0 Å². The number of hydroxylamine groups is 1.